The molecule has 0 unspecified atom stereocenters. The van der Waals surface area contributed by atoms with E-state index in [1.54, 1.807) is 0 Å². The molecule has 94 valence electrons. The van der Waals surface area contributed by atoms with Crippen LogP contribution in [0.4, 0.5) is 0 Å². The summed E-state index contributed by atoms with van der Waals surface area (Å²) in [6.45, 7) is 2.64. The smallest absolute Gasteiger partial charge is 0.215 e. The minimum Gasteiger partial charge on any atom is -0.329 e. The number of nitrogens with two attached hydrogens (primary N) is 1. The zero-order valence-corrected chi connectivity index (χ0v) is 10.7. The lowest BCUT2D eigenvalue weighted by Crippen LogP contribution is -2.56. The molecule has 2 rings (SSSR count). The van der Waals surface area contributed by atoms with Gasteiger partial charge in [-0.25, -0.2) is 13.1 Å². The fraction of sp³-hybridized carbons (Fsp3) is 1.00. The average Bonchev–Trinajstić information content (AvgIpc) is 3.05. The number of hydrogen-bond acceptors (Lipinski definition) is 3. The number of rotatable bonds is 4. The van der Waals surface area contributed by atoms with Crippen LogP contribution in [-0.2, 0) is 10.0 Å². The summed E-state index contributed by atoms with van der Waals surface area (Å²) in [5.41, 5.74) is 5.43. The molecule has 0 atom stereocenters. The van der Waals surface area contributed by atoms with Crippen LogP contribution >= 0.6 is 0 Å². The molecule has 0 aromatic heterocycles. The Balaban J connectivity index is 2.04. The van der Waals surface area contributed by atoms with E-state index in [0.29, 0.717) is 12.5 Å². The average molecular weight is 246 g/mol. The first kappa shape index (κ1) is 12.3. The summed E-state index contributed by atoms with van der Waals surface area (Å²) in [6.07, 6.45) is 5.54. The third-order valence-electron chi connectivity index (χ3n) is 3.94. The van der Waals surface area contributed by atoms with Crippen molar-refractivity contribution >= 4 is 10.0 Å². The molecule has 2 aliphatic rings. The van der Waals surface area contributed by atoms with E-state index in [2.05, 4.69) is 11.6 Å². The molecule has 0 bridgehead atoms. The van der Waals surface area contributed by atoms with Crippen molar-refractivity contribution in [1.82, 2.24) is 4.72 Å². The van der Waals surface area contributed by atoms with Crippen LogP contribution in [0.25, 0.3) is 0 Å². The first-order chi connectivity index (χ1) is 7.47. The van der Waals surface area contributed by atoms with Gasteiger partial charge < -0.3 is 5.73 Å². The Morgan fingerprint density at radius 1 is 1.25 bits per heavy atom. The highest BCUT2D eigenvalue weighted by molar-refractivity contribution is 7.90. The van der Waals surface area contributed by atoms with Gasteiger partial charge in [-0.2, -0.15) is 0 Å². The van der Waals surface area contributed by atoms with Gasteiger partial charge in [-0.1, -0.05) is 6.92 Å². The van der Waals surface area contributed by atoms with E-state index < -0.39 is 10.0 Å². The van der Waals surface area contributed by atoms with Crippen LogP contribution in [-0.4, -0.2) is 25.8 Å². The molecule has 0 heterocycles. The molecular weight excluding hydrogens is 224 g/mol. The highest BCUT2D eigenvalue weighted by Gasteiger charge is 2.42. The van der Waals surface area contributed by atoms with Gasteiger partial charge in [-0.15, -0.1) is 0 Å². The molecule has 2 saturated carbocycles. The van der Waals surface area contributed by atoms with Crippen molar-refractivity contribution in [3.63, 3.8) is 0 Å². The van der Waals surface area contributed by atoms with Crippen molar-refractivity contribution < 1.29 is 8.42 Å². The Bertz CT molecular complexity index is 341. The number of nitrogens with one attached hydrogen (secondary N) is 1. The molecule has 2 fully saturated rings. The third-order valence-corrected chi connectivity index (χ3v) is 6.01. The van der Waals surface area contributed by atoms with Gasteiger partial charge in [0.25, 0.3) is 0 Å². The van der Waals surface area contributed by atoms with Crippen molar-refractivity contribution in [2.45, 2.75) is 56.2 Å². The van der Waals surface area contributed by atoms with Crippen molar-refractivity contribution in [3.8, 4) is 0 Å². The van der Waals surface area contributed by atoms with E-state index in [0.717, 1.165) is 38.5 Å². The highest BCUT2D eigenvalue weighted by Crippen LogP contribution is 2.34. The molecule has 3 N–H and O–H groups in total. The first-order valence-corrected chi connectivity index (χ1v) is 7.75. The maximum atomic E-state index is 11.9. The lowest BCUT2D eigenvalue weighted by atomic mass is 9.78. The summed E-state index contributed by atoms with van der Waals surface area (Å²) in [7, 11) is -3.10. The standard InChI is InChI=1S/C11H22N2O2S/c1-9-4-6-11(8-12,7-5-9)13-16(14,15)10-2-3-10/h9-10,13H,2-8,12H2,1H3. The summed E-state index contributed by atoms with van der Waals surface area (Å²) in [4.78, 5) is 0. The van der Waals surface area contributed by atoms with Gasteiger partial charge in [-0.05, 0) is 44.4 Å². The SMILES string of the molecule is CC1CCC(CN)(NS(=O)(=O)C2CC2)CC1. The van der Waals surface area contributed by atoms with Gasteiger partial charge in [0, 0.05) is 12.1 Å². The Morgan fingerprint density at radius 2 is 1.81 bits per heavy atom. The predicted octanol–water partition coefficient (Wildman–Crippen LogP) is 0.976. The quantitative estimate of drug-likeness (QED) is 0.776. The maximum Gasteiger partial charge on any atom is 0.215 e. The monoisotopic (exact) mass is 246 g/mol. The van der Waals surface area contributed by atoms with Crippen molar-refractivity contribution in [2.75, 3.05) is 6.54 Å². The lowest BCUT2D eigenvalue weighted by molar-refractivity contribution is 0.231. The summed E-state index contributed by atoms with van der Waals surface area (Å²) in [6, 6.07) is 0. The summed E-state index contributed by atoms with van der Waals surface area (Å²) >= 11 is 0. The minimum atomic E-state index is -3.10. The highest BCUT2D eigenvalue weighted by atomic mass is 32.2. The van der Waals surface area contributed by atoms with Crippen molar-refractivity contribution in [1.29, 1.82) is 0 Å². The van der Waals surface area contributed by atoms with Crippen LogP contribution in [0.15, 0.2) is 0 Å². The van der Waals surface area contributed by atoms with E-state index in [9.17, 15) is 8.42 Å². The van der Waals surface area contributed by atoms with E-state index >= 15 is 0 Å². The molecule has 2 aliphatic carbocycles. The van der Waals surface area contributed by atoms with E-state index in [1.807, 2.05) is 0 Å². The van der Waals surface area contributed by atoms with Crippen LogP contribution in [0, 0.1) is 5.92 Å². The molecule has 0 amide bonds. The Kier molecular flexibility index (Phi) is 3.29. The summed E-state index contributed by atoms with van der Waals surface area (Å²) in [5, 5.41) is -0.143. The summed E-state index contributed by atoms with van der Waals surface area (Å²) < 4.78 is 26.8. The second-order valence-electron chi connectivity index (χ2n) is 5.51. The first-order valence-electron chi connectivity index (χ1n) is 6.20. The van der Waals surface area contributed by atoms with Crippen LogP contribution in [0.1, 0.15) is 45.4 Å². The predicted molar refractivity (Wildman–Crippen MR) is 64.5 cm³/mol. The second kappa shape index (κ2) is 4.27. The van der Waals surface area contributed by atoms with Gasteiger partial charge in [0.05, 0.1) is 5.25 Å². The molecular formula is C11H22N2O2S. The van der Waals surface area contributed by atoms with E-state index in [-0.39, 0.29) is 10.8 Å². The van der Waals surface area contributed by atoms with E-state index in [4.69, 9.17) is 5.73 Å². The van der Waals surface area contributed by atoms with Gasteiger partial charge in [0.15, 0.2) is 0 Å². The topological polar surface area (TPSA) is 72.2 Å². The Morgan fingerprint density at radius 3 is 2.25 bits per heavy atom. The molecule has 4 nitrogen and oxygen atoms in total. The molecule has 0 aromatic carbocycles. The second-order valence-corrected chi connectivity index (χ2v) is 7.47. The zero-order chi connectivity index (χ0) is 11.8. The molecule has 0 aliphatic heterocycles. The van der Waals surface area contributed by atoms with Gasteiger partial charge in [0.1, 0.15) is 0 Å². The zero-order valence-electron chi connectivity index (χ0n) is 9.91. The Hall–Kier alpha value is -0.130. The van der Waals surface area contributed by atoms with Crippen molar-refractivity contribution in [3.05, 3.63) is 0 Å². The van der Waals surface area contributed by atoms with E-state index in [1.165, 1.54) is 0 Å². The minimum absolute atomic E-state index is 0.143. The van der Waals surface area contributed by atoms with Gasteiger partial charge in [-0.3, -0.25) is 0 Å². The van der Waals surface area contributed by atoms with Crippen LogP contribution in [0.2, 0.25) is 0 Å². The van der Waals surface area contributed by atoms with Gasteiger partial charge in [0.2, 0.25) is 10.0 Å². The van der Waals surface area contributed by atoms with Crippen molar-refractivity contribution in [2.24, 2.45) is 11.7 Å². The number of sulfonamides is 1. The van der Waals surface area contributed by atoms with Gasteiger partial charge >= 0.3 is 0 Å². The largest absolute Gasteiger partial charge is 0.329 e. The number of hydrogen-bond donors (Lipinski definition) is 2. The molecule has 0 aromatic rings. The Labute approximate surface area is 98.0 Å². The maximum absolute atomic E-state index is 11.9. The fourth-order valence-electron chi connectivity index (χ4n) is 2.43. The van der Waals surface area contributed by atoms with Crippen LogP contribution in [0.3, 0.4) is 0 Å². The lowest BCUT2D eigenvalue weighted by Gasteiger charge is -2.39. The molecule has 16 heavy (non-hydrogen) atoms. The molecule has 5 heteroatoms. The van der Waals surface area contributed by atoms with Crippen LogP contribution in [0.5, 0.6) is 0 Å². The molecule has 0 radical (unpaired) electrons. The molecule has 0 saturated heterocycles. The molecule has 0 spiro atoms. The third kappa shape index (κ3) is 2.57. The fourth-order valence-corrected chi connectivity index (χ4v) is 4.24. The summed E-state index contributed by atoms with van der Waals surface area (Å²) in [5.74, 6) is 0.699. The van der Waals surface area contributed by atoms with Crippen LogP contribution < -0.4 is 10.5 Å². The normalized spacial score (nSPS) is 36.2.